The monoisotopic (exact) mass is 972 g/mol. The maximum Gasteiger partial charge on any atom is 0.468 e. The summed E-state index contributed by atoms with van der Waals surface area (Å²) in [6, 6.07) is 46.4. The summed E-state index contributed by atoms with van der Waals surface area (Å²) < 4.78 is 28.7. The Balaban J connectivity index is 0.00000499. The minimum Gasteiger partial charge on any atom is -0.509 e. The van der Waals surface area contributed by atoms with E-state index in [1.54, 1.807) is 0 Å². The zero-order valence-electron chi connectivity index (χ0n) is 35.6. The summed E-state index contributed by atoms with van der Waals surface area (Å²) in [5.74, 6) is 1.98. The first-order chi connectivity index (χ1) is 28.1. The van der Waals surface area contributed by atoms with Crippen molar-refractivity contribution >= 4 is 71.4 Å². The summed E-state index contributed by atoms with van der Waals surface area (Å²) in [5, 5.41) is 1.65. The molecule has 1 saturated heterocycles. The van der Waals surface area contributed by atoms with Gasteiger partial charge in [-0.15, -0.1) is 48.1 Å². The number of benzene rings is 5. The van der Waals surface area contributed by atoms with Crippen LogP contribution in [0.1, 0.15) is 67.9 Å². The second-order valence-corrected chi connectivity index (χ2v) is 18.6. The van der Waals surface area contributed by atoms with Crippen molar-refractivity contribution < 1.29 is 39.5 Å². The number of ether oxygens (including phenoxy) is 1. The van der Waals surface area contributed by atoms with E-state index in [1.807, 2.05) is 48.7 Å². The van der Waals surface area contributed by atoms with Gasteiger partial charge in [-0.05, 0) is 57.3 Å². The van der Waals surface area contributed by atoms with Crippen LogP contribution in [-0.2, 0) is 40.2 Å². The maximum atomic E-state index is 6.75. The molecule has 7 aromatic rings. The molecule has 0 saturated carbocycles. The van der Waals surface area contributed by atoms with Gasteiger partial charge in [-0.25, -0.2) is 4.98 Å². The Hall–Kier alpha value is -4.79. The zero-order valence-corrected chi connectivity index (χ0v) is 37.9. The summed E-state index contributed by atoms with van der Waals surface area (Å²) in [4.78, 5) is 9.11. The predicted molar refractivity (Wildman–Crippen MR) is 243 cm³/mol. The zero-order chi connectivity index (χ0) is 41.3. The van der Waals surface area contributed by atoms with Crippen molar-refractivity contribution in [3.63, 3.8) is 0 Å². The molecular weight excluding hydrogens is 924 g/mol. The van der Waals surface area contributed by atoms with Crippen molar-refractivity contribution in [2.45, 2.75) is 78.4 Å². The van der Waals surface area contributed by atoms with Gasteiger partial charge in [-0.2, -0.15) is 12.1 Å². The number of rotatable bonds is 6. The van der Waals surface area contributed by atoms with Gasteiger partial charge in [0.25, 0.3) is 0 Å². The van der Waals surface area contributed by atoms with E-state index in [2.05, 4.69) is 173 Å². The molecule has 0 amide bonds. The molecule has 0 radical (unpaired) electrons. The Bertz CT molecular complexity index is 2650. The quantitative estimate of drug-likeness (QED) is 0.122. The summed E-state index contributed by atoms with van der Waals surface area (Å²) in [6.07, 6.45) is 1.81. The van der Waals surface area contributed by atoms with Crippen LogP contribution in [0.3, 0.4) is 0 Å². The Labute approximate surface area is 369 Å². The van der Waals surface area contributed by atoms with Gasteiger partial charge in [0.1, 0.15) is 5.82 Å². The fourth-order valence-corrected chi connectivity index (χ4v) is 7.92. The number of anilines is 4. The van der Waals surface area contributed by atoms with Crippen molar-refractivity contribution in [3.8, 4) is 17.3 Å². The van der Waals surface area contributed by atoms with Gasteiger partial charge >= 0.3 is 21.4 Å². The van der Waals surface area contributed by atoms with E-state index < -0.39 is 21.4 Å². The van der Waals surface area contributed by atoms with Crippen molar-refractivity contribution in [1.29, 1.82) is 0 Å². The van der Waals surface area contributed by atoms with Crippen LogP contribution in [0.4, 0.5) is 22.7 Å². The van der Waals surface area contributed by atoms with Crippen molar-refractivity contribution in [2.75, 3.05) is 9.80 Å². The van der Waals surface area contributed by atoms with Crippen LogP contribution in [0.5, 0.6) is 11.5 Å². The molecule has 8 nitrogen and oxygen atoms in total. The van der Waals surface area contributed by atoms with Gasteiger partial charge in [0.05, 0.1) is 0 Å². The van der Waals surface area contributed by atoms with Crippen LogP contribution in [0.2, 0.25) is 10.6 Å². The summed E-state index contributed by atoms with van der Waals surface area (Å²) in [6.45, 7) is 21.7. The molecule has 306 valence electrons. The fourth-order valence-electron chi connectivity index (χ4n) is 7.92. The largest absolute Gasteiger partial charge is 0.509 e. The van der Waals surface area contributed by atoms with Gasteiger partial charge in [0.2, 0.25) is 0 Å². The third kappa shape index (κ3) is 7.82. The van der Waals surface area contributed by atoms with E-state index in [9.17, 15) is 0 Å². The first-order valence-electron chi connectivity index (χ1n) is 20.3. The molecule has 2 aliphatic heterocycles. The summed E-state index contributed by atoms with van der Waals surface area (Å²) >= 11 is 0. The van der Waals surface area contributed by atoms with Crippen LogP contribution >= 0.6 is 0 Å². The molecule has 60 heavy (non-hydrogen) atoms. The molecule has 1 fully saturated rings. The Morgan fingerprint density at radius 2 is 1.27 bits per heavy atom. The van der Waals surface area contributed by atoms with E-state index in [-0.39, 0.29) is 37.1 Å². The average molecular weight is 972 g/mol. The first kappa shape index (κ1) is 41.9. The van der Waals surface area contributed by atoms with Crippen LogP contribution in [0, 0.1) is 18.8 Å². The molecule has 4 heterocycles. The van der Waals surface area contributed by atoms with Gasteiger partial charge in [-0.1, -0.05) is 122 Å². The summed E-state index contributed by atoms with van der Waals surface area (Å²) in [5.41, 5.74) is 7.73. The van der Waals surface area contributed by atoms with E-state index in [0.717, 1.165) is 61.4 Å². The van der Waals surface area contributed by atoms with Crippen LogP contribution in [0.25, 0.3) is 27.6 Å². The van der Waals surface area contributed by atoms with E-state index in [4.69, 9.17) is 18.5 Å². The molecule has 12 heteroatoms. The Kier molecular flexibility index (Phi) is 11.1. The molecular formula is C48H48B3N4O4Pt-3. The van der Waals surface area contributed by atoms with Crippen LogP contribution in [0.15, 0.2) is 121 Å². The van der Waals surface area contributed by atoms with Crippen LogP contribution in [-0.4, -0.2) is 30.9 Å². The topological polar surface area (TPSA) is 61.2 Å². The Morgan fingerprint density at radius 1 is 0.617 bits per heavy atom. The molecule has 0 spiro atoms. The fraction of sp³-hybridized carbons (Fsp3) is 0.250. The van der Waals surface area contributed by atoms with Gasteiger partial charge in [-0.3, -0.25) is 0 Å². The third-order valence-electron chi connectivity index (χ3n) is 10.8. The first-order valence-corrected chi connectivity index (χ1v) is 20.3. The maximum absolute atomic E-state index is 6.75. The number of para-hydroxylation sites is 4. The SMILES string of the molecule is CC(C)(C)B1OB(c2cccc(C(C)(C)C)c2N2[CH-]N(c3[c-]c(Oc4[c-]c5c(cc4)c4ccccc4n5-c4ccccn4)ccc3)c3ccccc32)OB(C(C)(C)C)O1.[Pt]. The Morgan fingerprint density at radius 3 is 1.95 bits per heavy atom. The van der Waals surface area contributed by atoms with Crippen molar-refractivity contribution in [1.82, 2.24) is 9.55 Å². The third-order valence-corrected chi connectivity index (χ3v) is 10.8. The molecule has 2 aliphatic rings. The molecule has 2 aromatic heterocycles. The van der Waals surface area contributed by atoms with Crippen molar-refractivity contribution in [3.05, 3.63) is 146 Å². The van der Waals surface area contributed by atoms with Gasteiger partial charge in [0, 0.05) is 66.8 Å². The molecule has 0 aliphatic carbocycles. The molecule has 0 atom stereocenters. The second-order valence-electron chi connectivity index (χ2n) is 18.6. The molecule has 0 N–H and O–H groups in total. The number of fused-ring (bicyclic) bond motifs is 4. The average Bonchev–Trinajstić information content (AvgIpc) is 3.76. The number of pyridine rings is 1. The molecule has 5 aromatic carbocycles. The number of aromatic nitrogens is 2. The van der Waals surface area contributed by atoms with E-state index in [1.165, 1.54) is 0 Å². The molecule has 0 bridgehead atoms. The second kappa shape index (κ2) is 15.9. The standard InChI is InChI=1S/C48H48B3N4O4.Pt/c1-46(2,3)38-21-17-22-39(49-57-50(47(4,5)6)59-51(58-49)48(7,8)9)45(38)54-32-53(41-24-12-13-25-42(41)54)33-18-16-19-34(30-33)56-35-27-28-37-36-20-10-11-23-40(36)55(43(37)31-35)44-26-14-15-29-52-44;/h10-29,32H,1-9H3;/q-3;. The predicted octanol–water partition coefficient (Wildman–Crippen LogP) is 11.6. The van der Waals surface area contributed by atoms with Crippen LogP contribution < -0.4 is 20.0 Å². The van der Waals surface area contributed by atoms with E-state index >= 15 is 0 Å². The van der Waals surface area contributed by atoms with Gasteiger partial charge < -0.3 is 32.8 Å². The minimum atomic E-state index is -0.669. The van der Waals surface area contributed by atoms with Gasteiger partial charge in [0.15, 0.2) is 0 Å². The normalized spacial score (nSPS) is 14.8. The minimum absolute atomic E-state index is 0. The number of nitrogens with zero attached hydrogens (tertiary/aromatic N) is 4. The molecule has 9 rings (SSSR count). The number of hydrogen-bond acceptors (Lipinski definition) is 7. The van der Waals surface area contributed by atoms with E-state index in [0.29, 0.717) is 11.5 Å². The molecule has 0 unspecified atom stereocenters. The van der Waals surface area contributed by atoms with Crippen molar-refractivity contribution in [2.24, 2.45) is 0 Å². The number of hydrogen-bond donors (Lipinski definition) is 0. The smallest absolute Gasteiger partial charge is 0.468 e. The summed E-state index contributed by atoms with van der Waals surface area (Å²) in [7, 11) is -1.62.